The number of unbranched alkanes of at least 4 members (excludes halogenated alkanes) is 1. The van der Waals surface area contributed by atoms with Gasteiger partial charge in [0.25, 0.3) is 0 Å². The highest BCUT2D eigenvalue weighted by Gasteiger charge is 2.41. The van der Waals surface area contributed by atoms with Gasteiger partial charge in [0, 0.05) is 25.3 Å². The molecule has 2 saturated heterocycles. The van der Waals surface area contributed by atoms with Gasteiger partial charge >= 0.3 is 0 Å². The van der Waals surface area contributed by atoms with Gasteiger partial charge in [-0.05, 0) is 24.8 Å². The third kappa shape index (κ3) is 4.30. The van der Waals surface area contributed by atoms with Gasteiger partial charge in [0.1, 0.15) is 6.04 Å². The maximum absolute atomic E-state index is 12.7. The van der Waals surface area contributed by atoms with Crippen LogP contribution in [0.4, 0.5) is 0 Å². The fourth-order valence-electron chi connectivity index (χ4n) is 2.95. The van der Waals surface area contributed by atoms with Crippen LogP contribution < -0.4 is 5.73 Å². The summed E-state index contributed by atoms with van der Waals surface area (Å²) >= 11 is 1.68. The molecule has 0 aromatic rings. The van der Waals surface area contributed by atoms with Crippen molar-refractivity contribution in [2.75, 3.05) is 31.3 Å². The van der Waals surface area contributed by atoms with Gasteiger partial charge in [-0.1, -0.05) is 20.3 Å². The Morgan fingerprint density at radius 2 is 2.14 bits per heavy atom. The number of amides is 2. The normalized spacial score (nSPS) is 27.9. The highest BCUT2D eigenvalue weighted by molar-refractivity contribution is 7.99. The van der Waals surface area contributed by atoms with Gasteiger partial charge < -0.3 is 15.5 Å². The number of carbonyl (C=O) groups excluding carboxylic acids is 2. The number of nitrogens with two attached hydrogens (primary N) is 1. The monoisotopic (exact) mass is 349 g/mol. The van der Waals surface area contributed by atoms with Crippen molar-refractivity contribution in [2.45, 2.75) is 45.6 Å². The molecule has 0 aliphatic carbocycles. The molecule has 2 rings (SSSR count). The molecule has 7 heteroatoms. The van der Waals surface area contributed by atoms with E-state index in [0.29, 0.717) is 18.8 Å². The molecule has 2 heterocycles. The molecule has 0 aromatic carbocycles. The van der Waals surface area contributed by atoms with Gasteiger partial charge in [-0.2, -0.15) is 0 Å². The summed E-state index contributed by atoms with van der Waals surface area (Å²) in [6.07, 6.45) is 3.42. The molecule has 2 unspecified atom stereocenters. The van der Waals surface area contributed by atoms with Crippen LogP contribution in [-0.4, -0.2) is 58.9 Å². The van der Waals surface area contributed by atoms with E-state index in [1.165, 1.54) is 0 Å². The van der Waals surface area contributed by atoms with Crippen molar-refractivity contribution in [2.24, 2.45) is 11.1 Å². The van der Waals surface area contributed by atoms with E-state index in [9.17, 15) is 9.59 Å². The molecule has 0 spiro atoms. The van der Waals surface area contributed by atoms with E-state index >= 15 is 0 Å². The minimum Gasteiger partial charge on any atom is -0.340 e. The molecule has 2 aliphatic rings. The van der Waals surface area contributed by atoms with Crippen molar-refractivity contribution in [1.29, 1.82) is 0 Å². The molecular formula is C15H28ClN3O2S. The van der Waals surface area contributed by atoms with Gasteiger partial charge in [-0.15, -0.1) is 24.2 Å². The molecule has 0 saturated carbocycles. The topological polar surface area (TPSA) is 66.6 Å². The Labute approximate surface area is 143 Å². The van der Waals surface area contributed by atoms with Crippen LogP contribution in [0, 0.1) is 5.41 Å². The van der Waals surface area contributed by atoms with Crippen molar-refractivity contribution in [3.63, 3.8) is 0 Å². The minimum absolute atomic E-state index is 0. The van der Waals surface area contributed by atoms with E-state index in [2.05, 4.69) is 13.8 Å². The zero-order valence-electron chi connectivity index (χ0n) is 13.5. The van der Waals surface area contributed by atoms with Crippen molar-refractivity contribution in [3.8, 4) is 0 Å². The van der Waals surface area contributed by atoms with Crippen LogP contribution in [-0.2, 0) is 9.59 Å². The first-order chi connectivity index (χ1) is 10.0. The van der Waals surface area contributed by atoms with E-state index in [1.807, 2.05) is 4.90 Å². The molecule has 5 nitrogen and oxygen atoms in total. The number of hydrogen-bond acceptors (Lipinski definition) is 4. The highest BCUT2D eigenvalue weighted by atomic mass is 35.5. The fourth-order valence-corrected chi connectivity index (χ4v) is 4.13. The van der Waals surface area contributed by atoms with E-state index < -0.39 is 0 Å². The molecule has 2 fully saturated rings. The quantitative estimate of drug-likeness (QED) is 0.820. The minimum atomic E-state index is -0.264. The number of likely N-dealkylation sites (tertiary alicyclic amines) is 1. The molecule has 128 valence electrons. The van der Waals surface area contributed by atoms with Gasteiger partial charge in [-0.3, -0.25) is 9.59 Å². The number of rotatable bonds is 5. The summed E-state index contributed by atoms with van der Waals surface area (Å²) in [5.74, 6) is 1.62. The summed E-state index contributed by atoms with van der Waals surface area (Å²) in [4.78, 5) is 28.6. The van der Waals surface area contributed by atoms with Crippen LogP contribution in [0.5, 0.6) is 0 Å². The zero-order valence-corrected chi connectivity index (χ0v) is 15.2. The Balaban J connectivity index is 0.00000242. The van der Waals surface area contributed by atoms with Crippen LogP contribution in [0.25, 0.3) is 0 Å². The maximum Gasteiger partial charge on any atom is 0.246 e. The predicted molar refractivity (Wildman–Crippen MR) is 93.1 cm³/mol. The lowest BCUT2D eigenvalue weighted by molar-refractivity contribution is -0.143. The average molecular weight is 350 g/mol. The summed E-state index contributed by atoms with van der Waals surface area (Å²) in [6, 6.07) is -0.264. The molecule has 22 heavy (non-hydrogen) atoms. The Morgan fingerprint density at radius 1 is 1.41 bits per heavy atom. The first-order valence-corrected chi connectivity index (χ1v) is 9.02. The molecule has 0 aromatic heterocycles. The number of halogens is 1. The maximum atomic E-state index is 12.7. The molecule has 0 radical (unpaired) electrons. The molecule has 2 atom stereocenters. The van der Waals surface area contributed by atoms with Crippen LogP contribution in [0.2, 0.25) is 0 Å². The van der Waals surface area contributed by atoms with E-state index in [1.54, 1.807) is 16.7 Å². The predicted octanol–water partition coefficient (Wildman–Crippen LogP) is 1.70. The third-order valence-corrected chi connectivity index (χ3v) is 5.61. The van der Waals surface area contributed by atoms with Crippen LogP contribution >= 0.6 is 24.2 Å². The molecular weight excluding hydrogens is 322 g/mol. The first-order valence-electron chi connectivity index (χ1n) is 7.87. The Bertz CT molecular complexity index is 410. The second-order valence-electron chi connectivity index (χ2n) is 6.51. The number of nitrogens with zero attached hydrogens (tertiary/aromatic N) is 2. The summed E-state index contributed by atoms with van der Waals surface area (Å²) in [7, 11) is 0. The van der Waals surface area contributed by atoms with E-state index in [0.717, 1.165) is 38.1 Å². The van der Waals surface area contributed by atoms with Gasteiger partial charge in [0.15, 0.2) is 0 Å². The standard InChI is InChI=1S/C15H27N3O2S.ClH/c1-3-4-5-13(19)18-11-21-8-12(18)14(20)17-7-6-15(2,9-16)10-17;/h12H,3-11,16H2,1-2H3;1H. The van der Waals surface area contributed by atoms with Gasteiger partial charge in [-0.25, -0.2) is 0 Å². The summed E-state index contributed by atoms with van der Waals surface area (Å²) in [5, 5.41) is 0. The smallest absolute Gasteiger partial charge is 0.246 e. The lowest BCUT2D eigenvalue weighted by atomic mass is 9.90. The van der Waals surface area contributed by atoms with Crippen LogP contribution in [0.15, 0.2) is 0 Å². The Hall–Kier alpha value is -0.460. The molecule has 2 amide bonds. The van der Waals surface area contributed by atoms with Gasteiger partial charge in [0.05, 0.1) is 5.88 Å². The van der Waals surface area contributed by atoms with Crippen molar-refractivity contribution >= 4 is 36.0 Å². The number of hydrogen-bond donors (Lipinski definition) is 1. The van der Waals surface area contributed by atoms with Crippen molar-refractivity contribution in [3.05, 3.63) is 0 Å². The summed E-state index contributed by atoms with van der Waals surface area (Å²) in [6.45, 7) is 6.31. The highest BCUT2D eigenvalue weighted by Crippen LogP contribution is 2.31. The lowest BCUT2D eigenvalue weighted by Gasteiger charge is -2.28. The number of thioether (sulfide) groups is 1. The van der Waals surface area contributed by atoms with E-state index in [-0.39, 0.29) is 35.7 Å². The average Bonchev–Trinajstić information content (AvgIpc) is 3.11. The Morgan fingerprint density at radius 3 is 2.73 bits per heavy atom. The largest absolute Gasteiger partial charge is 0.340 e. The molecule has 2 aliphatic heterocycles. The van der Waals surface area contributed by atoms with Crippen molar-refractivity contribution < 1.29 is 9.59 Å². The Kier molecular flexibility index (Phi) is 7.49. The second-order valence-corrected chi connectivity index (χ2v) is 7.51. The lowest BCUT2D eigenvalue weighted by Crippen LogP contribution is -2.49. The third-order valence-electron chi connectivity index (χ3n) is 4.59. The van der Waals surface area contributed by atoms with Crippen molar-refractivity contribution in [1.82, 2.24) is 9.80 Å². The first kappa shape index (κ1) is 19.6. The second kappa shape index (κ2) is 8.41. The number of carbonyl (C=O) groups is 2. The zero-order chi connectivity index (χ0) is 15.5. The van der Waals surface area contributed by atoms with Crippen LogP contribution in [0.1, 0.15) is 39.5 Å². The van der Waals surface area contributed by atoms with Crippen LogP contribution in [0.3, 0.4) is 0 Å². The van der Waals surface area contributed by atoms with Gasteiger partial charge in [0.2, 0.25) is 11.8 Å². The SMILES string of the molecule is CCCCC(=O)N1CSCC1C(=O)N1CCC(C)(CN)C1.Cl. The summed E-state index contributed by atoms with van der Waals surface area (Å²) in [5.41, 5.74) is 5.85. The van der Waals surface area contributed by atoms with E-state index in [4.69, 9.17) is 5.73 Å². The fraction of sp³-hybridized carbons (Fsp3) is 0.867. The molecule has 0 bridgehead atoms. The summed E-state index contributed by atoms with van der Waals surface area (Å²) < 4.78 is 0. The molecule has 2 N–H and O–H groups in total.